The van der Waals surface area contributed by atoms with Crippen molar-refractivity contribution in [3.8, 4) is 23.3 Å². The van der Waals surface area contributed by atoms with Gasteiger partial charge in [0.15, 0.2) is 5.58 Å². The van der Waals surface area contributed by atoms with Gasteiger partial charge in [0.05, 0.1) is 26.0 Å². The number of aromatic nitrogens is 2. The van der Waals surface area contributed by atoms with Gasteiger partial charge in [-0.15, -0.1) is 0 Å². The largest absolute Gasteiger partial charge is 0.493 e. The average Bonchev–Trinajstić information content (AvgIpc) is 3.14. The maximum atomic E-state index is 12.1. The van der Waals surface area contributed by atoms with Crippen LogP contribution in [0.5, 0.6) is 11.6 Å². The van der Waals surface area contributed by atoms with Crippen LogP contribution in [0.4, 0.5) is 4.39 Å². The molecule has 0 atom stereocenters. The van der Waals surface area contributed by atoms with Crippen LogP contribution < -0.4 is 9.47 Å². The Morgan fingerprint density at radius 2 is 2.12 bits per heavy atom. The summed E-state index contributed by atoms with van der Waals surface area (Å²) in [5.74, 6) is 2.44. The van der Waals surface area contributed by atoms with Gasteiger partial charge in [-0.25, -0.2) is 4.98 Å². The van der Waals surface area contributed by atoms with Crippen LogP contribution in [0.1, 0.15) is 19.3 Å². The number of ether oxygens (including phenoxy) is 2. The second-order valence-electron chi connectivity index (χ2n) is 5.82. The Hall–Kier alpha value is -2.57. The summed E-state index contributed by atoms with van der Waals surface area (Å²) < 4.78 is 33.9. The van der Waals surface area contributed by atoms with Crippen molar-refractivity contribution < 1.29 is 22.8 Å². The SMILES string of the molecule is FCCCOc1cc(-c2nc3cc(OCC4CC4)ccc3o2)on1. The topological polar surface area (TPSA) is 70.5 Å². The molecular weight excluding hydrogens is 315 g/mol. The molecule has 2 heterocycles. The highest BCUT2D eigenvalue weighted by atomic mass is 19.1. The van der Waals surface area contributed by atoms with Gasteiger partial charge in [-0.2, -0.15) is 0 Å². The van der Waals surface area contributed by atoms with Gasteiger partial charge in [-0.3, -0.25) is 4.39 Å². The van der Waals surface area contributed by atoms with Crippen molar-refractivity contribution in [2.45, 2.75) is 19.3 Å². The number of rotatable bonds is 8. The summed E-state index contributed by atoms with van der Waals surface area (Å²) in [6, 6.07) is 7.11. The predicted octanol–water partition coefficient (Wildman–Crippen LogP) is 4.01. The van der Waals surface area contributed by atoms with E-state index in [1.54, 1.807) is 6.07 Å². The minimum Gasteiger partial charge on any atom is -0.493 e. The Balaban J connectivity index is 1.49. The molecule has 0 N–H and O–H groups in total. The molecule has 1 aliphatic carbocycles. The van der Waals surface area contributed by atoms with E-state index < -0.39 is 6.67 Å². The van der Waals surface area contributed by atoms with Gasteiger partial charge < -0.3 is 18.4 Å². The zero-order valence-electron chi connectivity index (χ0n) is 13.0. The van der Waals surface area contributed by atoms with Crippen molar-refractivity contribution in [2.75, 3.05) is 19.9 Å². The van der Waals surface area contributed by atoms with Crippen LogP contribution in [0.3, 0.4) is 0 Å². The van der Waals surface area contributed by atoms with E-state index in [2.05, 4.69) is 10.1 Å². The van der Waals surface area contributed by atoms with Gasteiger partial charge in [0.25, 0.3) is 11.8 Å². The fourth-order valence-corrected chi connectivity index (χ4v) is 2.26. The van der Waals surface area contributed by atoms with E-state index >= 15 is 0 Å². The number of oxazole rings is 1. The van der Waals surface area contributed by atoms with Crippen LogP contribution in [0.15, 0.2) is 33.2 Å². The molecule has 0 spiro atoms. The normalized spacial score (nSPS) is 14.2. The standard InChI is InChI=1S/C17H17FN2O4/c18-6-1-7-21-16-9-15(24-20-16)17-19-13-8-12(4-5-14(13)23-17)22-10-11-2-3-11/h4-5,8-9,11H,1-3,6-7,10H2. The van der Waals surface area contributed by atoms with E-state index in [9.17, 15) is 4.39 Å². The predicted molar refractivity (Wildman–Crippen MR) is 83.8 cm³/mol. The first kappa shape index (κ1) is 15.0. The van der Waals surface area contributed by atoms with Gasteiger partial charge in [-0.05, 0) is 36.0 Å². The van der Waals surface area contributed by atoms with Crippen molar-refractivity contribution in [1.82, 2.24) is 10.1 Å². The van der Waals surface area contributed by atoms with Crippen LogP contribution in [0.25, 0.3) is 22.8 Å². The van der Waals surface area contributed by atoms with E-state index in [0.29, 0.717) is 35.1 Å². The van der Waals surface area contributed by atoms with E-state index in [1.165, 1.54) is 12.8 Å². The highest BCUT2D eigenvalue weighted by Gasteiger charge is 2.22. The Morgan fingerprint density at radius 3 is 2.96 bits per heavy atom. The molecule has 1 aromatic carbocycles. The lowest BCUT2D eigenvalue weighted by Crippen LogP contribution is -1.98. The number of halogens is 1. The summed E-state index contributed by atoms with van der Waals surface area (Å²) in [5.41, 5.74) is 1.33. The first-order valence-corrected chi connectivity index (χ1v) is 8.01. The molecule has 1 saturated carbocycles. The van der Waals surface area contributed by atoms with Crippen molar-refractivity contribution in [2.24, 2.45) is 5.92 Å². The average molecular weight is 332 g/mol. The number of fused-ring (bicyclic) bond motifs is 1. The van der Waals surface area contributed by atoms with Crippen LogP contribution in [0, 0.1) is 5.92 Å². The summed E-state index contributed by atoms with van der Waals surface area (Å²) in [7, 11) is 0. The second-order valence-corrected chi connectivity index (χ2v) is 5.82. The van der Waals surface area contributed by atoms with Crippen LogP contribution >= 0.6 is 0 Å². The second kappa shape index (κ2) is 6.51. The number of alkyl halides is 1. The fraction of sp³-hybridized carbons (Fsp3) is 0.412. The summed E-state index contributed by atoms with van der Waals surface area (Å²) in [4.78, 5) is 4.40. The molecule has 0 radical (unpaired) electrons. The molecular formula is C17H17FN2O4. The highest BCUT2D eigenvalue weighted by Crippen LogP contribution is 2.31. The lowest BCUT2D eigenvalue weighted by atomic mass is 10.3. The molecule has 2 aromatic heterocycles. The molecule has 1 aliphatic rings. The molecule has 6 nitrogen and oxygen atoms in total. The minimum atomic E-state index is -0.430. The molecule has 24 heavy (non-hydrogen) atoms. The molecule has 0 unspecified atom stereocenters. The van der Waals surface area contributed by atoms with Gasteiger partial charge in [0.1, 0.15) is 11.3 Å². The monoisotopic (exact) mass is 332 g/mol. The van der Waals surface area contributed by atoms with Crippen molar-refractivity contribution >= 4 is 11.1 Å². The molecule has 7 heteroatoms. The molecule has 1 fully saturated rings. The Morgan fingerprint density at radius 1 is 1.21 bits per heavy atom. The van der Waals surface area contributed by atoms with E-state index in [4.69, 9.17) is 18.4 Å². The maximum Gasteiger partial charge on any atom is 0.267 e. The minimum absolute atomic E-state index is 0.248. The zero-order valence-corrected chi connectivity index (χ0v) is 13.0. The molecule has 126 valence electrons. The Bertz CT molecular complexity index is 825. The lowest BCUT2D eigenvalue weighted by Gasteiger charge is -2.03. The van der Waals surface area contributed by atoms with E-state index in [1.807, 2.05) is 18.2 Å². The summed E-state index contributed by atoms with van der Waals surface area (Å²) in [6.07, 6.45) is 2.81. The van der Waals surface area contributed by atoms with Crippen molar-refractivity contribution in [3.05, 3.63) is 24.3 Å². The molecule has 0 aliphatic heterocycles. The van der Waals surface area contributed by atoms with Crippen LogP contribution in [-0.2, 0) is 0 Å². The summed E-state index contributed by atoms with van der Waals surface area (Å²) in [6.45, 7) is 0.566. The van der Waals surface area contributed by atoms with E-state index in [-0.39, 0.29) is 12.5 Å². The quantitative estimate of drug-likeness (QED) is 0.580. The number of hydrogen-bond donors (Lipinski definition) is 0. The van der Waals surface area contributed by atoms with Gasteiger partial charge in [0, 0.05) is 12.5 Å². The van der Waals surface area contributed by atoms with Gasteiger partial charge >= 0.3 is 0 Å². The molecule has 0 bridgehead atoms. The first-order chi connectivity index (χ1) is 11.8. The smallest absolute Gasteiger partial charge is 0.267 e. The fourth-order valence-electron chi connectivity index (χ4n) is 2.26. The number of nitrogens with zero attached hydrogens (tertiary/aromatic N) is 2. The number of hydrogen-bond acceptors (Lipinski definition) is 6. The third-order valence-corrected chi connectivity index (χ3v) is 3.77. The third kappa shape index (κ3) is 3.34. The summed E-state index contributed by atoms with van der Waals surface area (Å²) in [5, 5.41) is 3.76. The molecule has 0 saturated heterocycles. The molecule has 3 aromatic rings. The number of benzene rings is 1. The van der Waals surface area contributed by atoms with Gasteiger partial charge in [-0.1, -0.05) is 0 Å². The lowest BCUT2D eigenvalue weighted by molar-refractivity contribution is 0.262. The third-order valence-electron chi connectivity index (χ3n) is 3.77. The zero-order chi connectivity index (χ0) is 16.4. The summed E-state index contributed by atoms with van der Waals surface area (Å²) >= 11 is 0. The highest BCUT2D eigenvalue weighted by molar-refractivity contribution is 5.77. The van der Waals surface area contributed by atoms with Gasteiger partial charge in [0.2, 0.25) is 5.76 Å². The van der Waals surface area contributed by atoms with Crippen LogP contribution in [0.2, 0.25) is 0 Å². The molecule has 4 rings (SSSR count). The maximum absolute atomic E-state index is 12.1. The Kier molecular flexibility index (Phi) is 4.06. The Labute approximate surface area is 137 Å². The molecule has 0 amide bonds. The van der Waals surface area contributed by atoms with E-state index in [0.717, 1.165) is 12.4 Å². The van der Waals surface area contributed by atoms with Crippen molar-refractivity contribution in [1.29, 1.82) is 0 Å². The first-order valence-electron chi connectivity index (χ1n) is 8.01. The van der Waals surface area contributed by atoms with Crippen molar-refractivity contribution in [3.63, 3.8) is 0 Å². The van der Waals surface area contributed by atoms with Crippen LogP contribution in [-0.4, -0.2) is 30.0 Å².